The molecule has 0 aliphatic rings. The van der Waals surface area contributed by atoms with E-state index < -0.39 is 5.97 Å². The van der Waals surface area contributed by atoms with Gasteiger partial charge in [-0.15, -0.1) is 0 Å². The number of esters is 1. The van der Waals surface area contributed by atoms with Crippen molar-refractivity contribution in [2.24, 2.45) is 0 Å². The Hall–Kier alpha value is -2.89. The maximum absolute atomic E-state index is 12.0. The zero-order valence-corrected chi connectivity index (χ0v) is 14.2. The first-order chi connectivity index (χ1) is 12.1. The third-order valence-corrected chi connectivity index (χ3v) is 3.60. The SMILES string of the molecule is CCCNC(=O)COC(=O)CNC(=O)Cc1cccc2ccccc12. The second-order valence-electron chi connectivity index (χ2n) is 5.60. The smallest absolute Gasteiger partial charge is 0.325 e. The van der Waals surface area contributed by atoms with Gasteiger partial charge in [0.25, 0.3) is 5.91 Å². The molecule has 0 aromatic heterocycles. The number of amides is 2. The first-order valence-electron chi connectivity index (χ1n) is 8.25. The Labute approximate surface area is 146 Å². The molecule has 0 heterocycles. The highest BCUT2D eigenvalue weighted by atomic mass is 16.5. The van der Waals surface area contributed by atoms with E-state index in [1.54, 1.807) is 0 Å². The molecular weight excluding hydrogens is 320 g/mol. The number of hydrogen-bond donors (Lipinski definition) is 2. The van der Waals surface area contributed by atoms with Crippen molar-refractivity contribution in [1.29, 1.82) is 0 Å². The number of rotatable bonds is 8. The molecule has 0 spiro atoms. The molecule has 0 saturated heterocycles. The van der Waals surface area contributed by atoms with Crippen molar-refractivity contribution >= 4 is 28.6 Å². The Morgan fingerprint density at radius 2 is 1.72 bits per heavy atom. The quantitative estimate of drug-likeness (QED) is 0.713. The molecule has 25 heavy (non-hydrogen) atoms. The van der Waals surface area contributed by atoms with Crippen LogP contribution in [0.2, 0.25) is 0 Å². The Kier molecular flexibility index (Phi) is 6.95. The van der Waals surface area contributed by atoms with Crippen LogP contribution in [0.25, 0.3) is 10.8 Å². The minimum Gasteiger partial charge on any atom is -0.454 e. The van der Waals surface area contributed by atoms with Gasteiger partial charge in [0, 0.05) is 6.54 Å². The van der Waals surface area contributed by atoms with E-state index in [9.17, 15) is 14.4 Å². The fourth-order valence-corrected chi connectivity index (χ4v) is 2.37. The van der Waals surface area contributed by atoms with Crippen molar-refractivity contribution in [1.82, 2.24) is 10.6 Å². The van der Waals surface area contributed by atoms with Crippen molar-refractivity contribution in [3.63, 3.8) is 0 Å². The highest BCUT2D eigenvalue weighted by Crippen LogP contribution is 2.18. The second kappa shape index (κ2) is 9.42. The molecule has 0 bridgehead atoms. The van der Waals surface area contributed by atoms with Crippen LogP contribution in [0.15, 0.2) is 42.5 Å². The minimum absolute atomic E-state index is 0.172. The third-order valence-electron chi connectivity index (χ3n) is 3.60. The molecule has 2 aromatic rings. The van der Waals surface area contributed by atoms with E-state index in [0.717, 1.165) is 22.8 Å². The Balaban J connectivity index is 1.78. The summed E-state index contributed by atoms with van der Waals surface area (Å²) in [5.74, 6) is -1.26. The van der Waals surface area contributed by atoms with Gasteiger partial charge in [0.15, 0.2) is 6.61 Å². The fourth-order valence-electron chi connectivity index (χ4n) is 2.37. The molecule has 2 amide bonds. The van der Waals surface area contributed by atoms with Gasteiger partial charge in [0.1, 0.15) is 6.54 Å². The normalized spacial score (nSPS) is 10.3. The highest BCUT2D eigenvalue weighted by molar-refractivity contribution is 5.91. The Morgan fingerprint density at radius 3 is 2.52 bits per heavy atom. The Morgan fingerprint density at radius 1 is 0.960 bits per heavy atom. The summed E-state index contributed by atoms with van der Waals surface area (Å²) in [5, 5.41) is 7.19. The van der Waals surface area contributed by atoms with E-state index in [0.29, 0.717) is 6.54 Å². The van der Waals surface area contributed by atoms with Gasteiger partial charge in [0.05, 0.1) is 6.42 Å². The van der Waals surface area contributed by atoms with Crippen LogP contribution in [-0.4, -0.2) is 37.5 Å². The molecule has 6 nitrogen and oxygen atoms in total. The van der Waals surface area contributed by atoms with E-state index >= 15 is 0 Å². The lowest BCUT2D eigenvalue weighted by atomic mass is 10.0. The molecule has 0 radical (unpaired) electrons. The van der Waals surface area contributed by atoms with Crippen molar-refractivity contribution in [3.8, 4) is 0 Å². The number of carbonyl (C=O) groups is 3. The van der Waals surface area contributed by atoms with Crippen molar-refractivity contribution in [3.05, 3.63) is 48.0 Å². The van der Waals surface area contributed by atoms with Crippen molar-refractivity contribution < 1.29 is 19.1 Å². The summed E-state index contributed by atoms with van der Waals surface area (Å²) in [7, 11) is 0. The summed E-state index contributed by atoms with van der Waals surface area (Å²) in [6, 6.07) is 13.6. The number of nitrogens with one attached hydrogen (secondary N) is 2. The van der Waals surface area contributed by atoms with Gasteiger partial charge >= 0.3 is 5.97 Å². The van der Waals surface area contributed by atoms with Gasteiger partial charge in [-0.1, -0.05) is 49.4 Å². The second-order valence-corrected chi connectivity index (χ2v) is 5.60. The molecule has 0 atom stereocenters. The molecule has 0 aliphatic heterocycles. The van der Waals surface area contributed by atoms with E-state index in [-0.39, 0.29) is 31.4 Å². The van der Waals surface area contributed by atoms with Crippen LogP contribution in [-0.2, 0) is 25.5 Å². The third kappa shape index (κ3) is 5.91. The summed E-state index contributed by atoms with van der Waals surface area (Å²) >= 11 is 0. The number of benzene rings is 2. The molecule has 0 aliphatic carbocycles. The first kappa shape index (κ1) is 18.4. The van der Waals surface area contributed by atoms with Gasteiger partial charge in [-0.25, -0.2) is 0 Å². The van der Waals surface area contributed by atoms with E-state index in [4.69, 9.17) is 4.74 Å². The topological polar surface area (TPSA) is 84.5 Å². The zero-order valence-electron chi connectivity index (χ0n) is 14.2. The zero-order chi connectivity index (χ0) is 18.1. The van der Waals surface area contributed by atoms with E-state index in [1.807, 2.05) is 49.4 Å². The fraction of sp³-hybridized carbons (Fsp3) is 0.316. The van der Waals surface area contributed by atoms with Gasteiger partial charge < -0.3 is 15.4 Å². The number of carbonyl (C=O) groups excluding carboxylic acids is 3. The predicted octanol–water partition coefficient (Wildman–Crippen LogP) is 1.57. The number of fused-ring (bicyclic) bond motifs is 1. The molecule has 2 aromatic carbocycles. The van der Waals surface area contributed by atoms with Crippen molar-refractivity contribution in [2.45, 2.75) is 19.8 Å². The molecular formula is C19H22N2O4. The molecule has 6 heteroatoms. The van der Waals surface area contributed by atoms with Gasteiger partial charge in [-0.2, -0.15) is 0 Å². The highest BCUT2D eigenvalue weighted by Gasteiger charge is 2.11. The van der Waals surface area contributed by atoms with Crippen LogP contribution in [0.1, 0.15) is 18.9 Å². The lowest BCUT2D eigenvalue weighted by Gasteiger charge is -2.08. The summed E-state index contributed by atoms with van der Waals surface area (Å²) in [5.41, 5.74) is 0.892. The van der Waals surface area contributed by atoms with Gasteiger partial charge in [0.2, 0.25) is 5.91 Å². The summed E-state index contributed by atoms with van der Waals surface area (Å²) in [6.45, 7) is 1.87. The van der Waals surface area contributed by atoms with Crippen molar-refractivity contribution in [2.75, 3.05) is 19.7 Å². The number of ether oxygens (including phenoxy) is 1. The molecule has 0 fully saturated rings. The molecule has 0 unspecified atom stereocenters. The van der Waals surface area contributed by atoms with E-state index in [1.165, 1.54) is 0 Å². The average molecular weight is 342 g/mol. The maximum Gasteiger partial charge on any atom is 0.325 e. The summed E-state index contributed by atoms with van der Waals surface area (Å²) in [6.07, 6.45) is 0.982. The molecule has 2 N–H and O–H groups in total. The standard InChI is InChI=1S/C19H22N2O4/c1-2-10-20-18(23)13-25-19(24)12-21-17(22)11-15-8-5-7-14-6-3-4-9-16(14)15/h3-9H,2,10-13H2,1H3,(H,20,23)(H,21,22). The van der Waals surface area contributed by atoms with Crippen LogP contribution in [0.5, 0.6) is 0 Å². The maximum atomic E-state index is 12.0. The van der Waals surface area contributed by atoms with Gasteiger partial charge in [-0.05, 0) is 22.8 Å². The lowest BCUT2D eigenvalue weighted by Crippen LogP contribution is -2.34. The lowest BCUT2D eigenvalue weighted by molar-refractivity contribution is -0.148. The van der Waals surface area contributed by atoms with Crippen LogP contribution in [0.3, 0.4) is 0 Å². The number of hydrogen-bond acceptors (Lipinski definition) is 4. The molecule has 132 valence electrons. The summed E-state index contributed by atoms with van der Waals surface area (Å²) in [4.78, 5) is 35.0. The van der Waals surface area contributed by atoms with Crippen LogP contribution in [0, 0.1) is 0 Å². The largest absolute Gasteiger partial charge is 0.454 e. The predicted molar refractivity (Wildman–Crippen MR) is 94.9 cm³/mol. The molecule has 2 rings (SSSR count). The van der Waals surface area contributed by atoms with E-state index in [2.05, 4.69) is 10.6 Å². The monoisotopic (exact) mass is 342 g/mol. The average Bonchev–Trinajstić information content (AvgIpc) is 2.63. The van der Waals surface area contributed by atoms with Gasteiger partial charge in [-0.3, -0.25) is 14.4 Å². The van der Waals surface area contributed by atoms with Crippen LogP contribution < -0.4 is 10.6 Å². The van der Waals surface area contributed by atoms with Crippen LogP contribution in [0.4, 0.5) is 0 Å². The summed E-state index contributed by atoms with van der Waals surface area (Å²) < 4.78 is 4.81. The van der Waals surface area contributed by atoms with Crippen LogP contribution >= 0.6 is 0 Å². The minimum atomic E-state index is -0.641. The Bertz CT molecular complexity index is 753. The molecule has 0 saturated carbocycles. The first-order valence-corrected chi connectivity index (χ1v) is 8.25.